The normalized spacial score (nSPS) is 13.0. The molecule has 0 saturated heterocycles. The second-order valence-electron chi connectivity index (χ2n) is 9.17. The van der Waals surface area contributed by atoms with Crippen LogP contribution in [0.2, 0.25) is 0 Å². The van der Waals surface area contributed by atoms with Crippen LogP contribution in [0.25, 0.3) is 10.8 Å². The number of esters is 2. The van der Waals surface area contributed by atoms with Gasteiger partial charge in [0.1, 0.15) is 21.9 Å². The summed E-state index contributed by atoms with van der Waals surface area (Å²) >= 11 is 0. The lowest BCUT2D eigenvalue weighted by Crippen LogP contribution is -2.34. The number of carbonyl (C=O) groups is 2. The summed E-state index contributed by atoms with van der Waals surface area (Å²) in [6, 6.07) is 7.25. The molecule has 0 radical (unpaired) electrons. The van der Waals surface area contributed by atoms with E-state index in [2.05, 4.69) is 0 Å². The van der Waals surface area contributed by atoms with Gasteiger partial charge in [-0.25, -0.2) is 0 Å². The Morgan fingerprint density at radius 1 is 0.700 bits per heavy atom. The number of nitrogens with zero attached hydrogens (tertiary/aromatic N) is 2. The van der Waals surface area contributed by atoms with Crippen molar-refractivity contribution in [1.29, 1.82) is 0 Å². The Morgan fingerprint density at radius 3 is 1.23 bits per heavy atom. The zero-order valence-electron chi connectivity index (χ0n) is 24.3. The maximum Gasteiger partial charge on any atom is 0.323 e. The second-order valence-corrected chi connectivity index (χ2v) is 12.0. The predicted molar refractivity (Wildman–Crippen MR) is 152 cm³/mol. The minimum absolute atomic E-state index is 0.0233. The van der Waals surface area contributed by atoms with E-state index in [-0.39, 0.29) is 34.8 Å². The van der Waals surface area contributed by atoms with Crippen molar-refractivity contribution in [2.45, 2.75) is 62.4 Å². The highest BCUT2D eigenvalue weighted by molar-refractivity contribution is 7.86. The smallest absolute Gasteiger partial charge is 0.323 e. The molecule has 2 aromatic carbocycles. The molecule has 0 spiro atoms. The van der Waals surface area contributed by atoms with E-state index in [0.29, 0.717) is 13.2 Å². The van der Waals surface area contributed by atoms with E-state index >= 15 is 0 Å². The molecule has 228 valence electrons. The van der Waals surface area contributed by atoms with E-state index in [0.717, 1.165) is 25.0 Å². The summed E-state index contributed by atoms with van der Waals surface area (Å²) in [5.74, 6) is -0.284. The summed E-state index contributed by atoms with van der Waals surface area (Å²) in [4.78, 5) is 25.0. The third-order valence-corrected chi connectivity index (χ3v) is 7.35. The van der Waals surface area contributed by atoms with Crippen LogP contribution in [0.4, 0.5) is 0 Å². The van der Waals surface area contributed by atoms with Gasteiger partial charge >= 0.3 is 11.9 Å². The highest BCUT2D eigenvalue weighted by atomic mass is 32.2. The molecule has 0 aliphatic heterocycles. The predicted octanol–water partition coefficient (Wildman–Crippen LogP) is 3.11. The van der Waals surface area contributed by atoms with Gasteiger partial charge in [-0.05, 0) is 67.0 Å². The molecule has 0 aromatic heterocycles. The number of hydrogen-bond acceptors (Lipinski definition) is 10. The molecule has 14 heteroatoms. The van der Waals surface area contributed by atoms with Crippen molar-refractivity contribution in [3.05, 3.63) is 36.4 Å². The van der Waals surface area contributed by atoms with Gasteiger partial charge in [-0.15, -0.1) is 0 Å². The summed E-state index contributed by atoms with van der Waals surface area (Å²) in [5.41, 5.74) is 0. The van der Waals surface area contributed by atoms with Crippen molar-refractivity contribution >= 4 is 42.9 Å². The summed E-state index contributed by atoms with van der Waals surface area (Å²) in [6.45, 7) is 8.67. The highest BCUT2D eigenvalue weighted by Gasteiger charge is 2.19. The fourth-order valence-electron chi connectivity index (χ4n) is 2.77. The Morgan fingerprint density at radius 2 is 1.00 bits per heavy atom. The molecule has 0 aliphatic rings. The minimum Gasteiger partial charge on any atom is -0.465 e. The van der Waals surface area contributed by atoms with Gasteiger partial charge in [0.2, 0.25) is 0 Å². The van der Waals surface area contributed by atoms with Crippen LogP contribution in [0.5, 0.6) is 0 Å². The summed E-state index contributed by atoms with van der Waals surface area (Å²) in [7, 11) is -1.50. The third-order valence-electron chi connectivity index (χ3n) is 5.53. The van der Waals surface area contributed by atoms with Gasteiger partial charge in [0.05, 0.1) is 13.2 Å². The molecule has 2 rings (SSSR count). The SMILES string of the molecule is CCCOC(=O)C(C)N(C)C.CCCOC(=O)C(C)N(C)C.O=S(=O)(O)c1cccc2c(S(=O)(=O)O)cccc12. The highest BCUT2D eigenvalue weighted by Crippen LogP contribution is 2.28. The number of hydrogen-bond donors (Lipinski definition) is 2. The molecule has 40 heavy (non-hydrogen) atoms. The minimum atomic E-state index is -4.47. The van der Waals surface area contributed by atoms with E-state index in [9.17, 15) is 26.4 Å². The first kappa shape index (κ1) is 37.4. The van der Waals surface area contributed by atoms with Crippen LogP contribution in [0.3, 0.4) is 0 Å². The summed E-state index contributed by atoms with van der Waals surface area (Å²) in [6.07, 6.45) is 1.76. The molecule has 2 unspecified atom stereocenters. The van der Waals surface area contributed by atoms with E-state index < -0.39 is 30.0 Å². The van der Waals surface area contributed by atoms with E-state index in [1.165, 1.54) is 24.3 Å². The topological polar surface area (TPSA) is 168 Å². The Labute approximate surface area is 237 Å². The monoisotopic (exact) mass is 606 g/mol. The van der Waals surface area contributed by atoms with Crippen molar-refractivity contribution < 1.29 is 45.0 Å². The van der Waals surface area contributed by atoms with Crippen LogP contribution in [0.1, 0.15) is 40.5 Å². The first-order valence-corrected chi connectivity index (χ1v) is 15.4. The fraction of sp³-hybridized carbons (Fsp3) is 0.538. The Kier molecular flexibility index (Phi) is 16.1. The van der Waals surface area contributed by atoms with Crippen LogP contribution < -0.4 is 0 Å². The molecule has 2 aromatic rings. The summed E-state index contributed by atoms with van der Waals surface area (Å²) < 4.78 is 72.6. The van der Waals surface area contributed by atoms with Crippen LogP contribution in [-0.4, -0.2) is 101 Å². The van der Waals surface area contributed by atoms with Crippen molar-refractivity contribution in [3.63, 3.8) is 0 Å². The average molecular weight is 607 g/mol. The molecule has 0 aliphatic carbocycles. The van der Waals surface area contributed by atoms with Gasteiger partial charge in [-0.2, -0.15) is 16.8 Å². The van der Waals surface area contributed by atoms with Crippen LogP contribution in [0.15, 0.2) is 46.2 Å². The zero-order chi connectivity index (χ0) is 31.3. The Balaban J connectivity index is 0.000000606. The number of benzene rings is 2. The van der Waals surface area contributed by atoms with E-state index in [4.69, 9.17) is 18.6 Å². The van der Waals surface area contributed by atoms with Crippen molar-refractivity contribution in [1.82, 2.24) is 9.80 Å². The Bertz CT molecular complexity index is 1210. The second kappa shape index (κ2) is 17.3. The van der Waals surface area contributed by atoms with Crippen LogP contribution in [-0.2, 0) is 39.3 Å². The first-order chi connectivity index (χ1) is 18.4. The zero-order valence-corrected chi connectivity index (χ0v) is 26.0. The molecule has 0 bridgehead atoms. The van der Waals surface area contributed by atoms with E-state index in [1.807, 2.05) is 65.7 Å². The molecule has 12 nitrogen and oxygen atoms in total. The van der Waals surface area contributed by atoms with Gasteiger partial charge in [-0.3, -0.25) is 28.5 Å². The van der Waals surface area contributed by atoms with Crippen molar-refractivity contribution in [2.24, 2.45) is 0 Å². The fourth-order valence-corrected chi connectivity index (χ4v) is 4.18. The molecular formula is C26H42N2O10S2. The third kappa shape index (κ3) is 12.7. The maximum atomic E-state index is 11.2. The quantitative estimate of drug-likeness (QED) is 0.300. The standard InChI is InChI=1S/C10H8O6S2.2C8H17NO2/c11-17(12,13)9-5-1-3-7-8(9)4-2-6-10(7)18(14,15)16;2*1-5-6-11-8(10)7(2)9(3)4/h1-6H,(H,11,12,13)(H,14,15,16);2*7H,5-6H2,1-4H3. The van der Waals surface area contributed by atoms with Crippen LogP contribution >= 0.6 is 0 Å². The van der Waals surface area contributed by atoms with E-state index in [1.54, 1.807) is 0 Å². The number of ether oxygens (including phenoxy) is 2. The molecule has 0 heterocycles. The number of rotatable bonds is 10. The first-order valence-electron chi connectivity index (χ1n) is 12.5. The lowest BCUT2D eigenvalue weighted by Gasteiger charge is -2.17. The lowest BCUT2D eigenvalue weighted by molar-refractivity contribution is -0.149. The molecule has 0 saturated carbocycles. The van der Waals surface area contributed by atoms with Gasteiger partial charge in [0.25, 0.3) is 20.2 Å². The van der Waals surface area contributed by atoms with Gasteiger partial charge in [0, 0.05) is 10.8 Å². The number of carbonyl (C=O) groups excluding carboxylic acids is 2. The lowest BCUT2D eigenvalue weighted by atomic mass is 10.1. The van der Waals surface area contributed by atoms with Crippen molar-refractivity contribution in [2.75, 3.05) is 41.4 Å². The largest absolute Gasteiger partial charge is 0.465 e. The molecule has 2 atom stereocenters. The molecule has 2 N–H and O–H groups in total. The van der Waals surface area contributed by atoms with Gasteiger partial charge < -0.3 is 9.47 Å². The van der Waals surface area contributed by atoms with Gasteiger partial charge in [-0.1, -0.05) is 38.1 Å². The molecular weight excluding hydrogens is 564 g/mol. The number of fused-ring (bicyclic) bond motifs is 1. The van der Waals surface area contributed by atoms with Crippen molar-refractivity contribution in [3.8, 4) is 0 Å². The van der Waals surface area contributed by atoms with Crippen LogP contribution in [0, 0.1) is 0 Å². The summed E-state index contributed by atoms with van der Waals surface area (Å²) in [5, 5.41) is 0.0465. The molecule has 0 amide bonds. The maximum absolute atomic E-state index is 11.2. The van der Waals surface area contributed by atoms with Gasteiger partial charge in [0.15, 0.2) is 0 Å². The Hall–Kier alpha value is -2.62. The average Bonchev–Trinajstić information content (AvgIpc) is 2.88. The number of likely N-dealkylation sites (N-methyl/N-ethyl adjacent to an activating group) is 2. The molecule has 0 fully saturated rings.